The Morgan fingerprint density at radius 3 is 2.50 bits per heavy atom. The summed E-state index contributed by atoms with van der Waals surface area (Å²) < 4.78 is 0. The van der Waals surface area contributed by atoms with E-state index in [9.17, 15) is 5.11 Å². The van der Waals surface area contributed by atoms with Gasteiger partial charge in [-0.3, -0.25) is 0 Å². The maximum Gasteiger partial charge on any atom is 0.0840 e. The monoisotopic (exact) mass is 260 g/mol. The molecule has 96 valence electrons. The van der Waals surface area contributed by atoms with Gasteiger partial charge in [0.25, 0.3) is 0 Å². The molecule has 1 N–H and O–H groups in total. The Morgan fingerprint density at radius 2 is 1.83 bits per heavy atom. The molecule has 1 aromatic carbocycles. The second-order valence-electron chi connectivity index (χ2n) is 4.73. The van der Waals surface area contributed by atoms with E-state index in [0.717, 1.165) is 18.4 Å². The third-order valence-corrected chi connectivity index (χ3v) is 4.72. The highest BCUT2D eigenvalue weighted by Gasteiger charge is 2.13. The zero-order chi connectivity index (χ0) is 13.1. The van der Waals surface area contributed by atoms with Gasteiger partial charge in [0.1, 0.15) is 0 Å². The standard InChI is InChI=1S/C16H20OS/c1-4-13-8-9-14(18-13)10-16(17)15-7-5-6-11(2)12(15)3/h5-9,16-17H,4,10H2,1-3H3. The topological polar surface area (TPSA) is 20.2 Å². The van der Waals surface area contributed by atoms with Crippen LogP contribution in [0.1, 0.15) is 39.5 Å². The molecule has 1 heterocycles. The second kappa shape index (κ2) is 5.68. The average molecular weight is 260 g/mol. The fraction of sp³-hybridized carbons (Fsp3) is 0.375. The summed E-state index contributed by atoms with van der Waals surface area (Å²) in [6.45, 7) is 6.34. The first-order valence-corrected chi connectivity index (χ1v) is 7.25. The van der Waals surface area contributed by atoms with E-state index in [-0.39, 0.29) is 0 Å². The van der Waals surface area contributed by atoms with Crippen molar-refractivity contribution in [3.05, 3.63) is 56.8 Å². The number of hydrogen-bond donors (Lipinski definition) is 1. The second-order valence-corrected chi connectivity index (χ2v) is 5.98. The maximum absolute atomic E-state index is 10.4. The number of thiophene rings is 1. The van der Waals surface area contributed by atoms with Crippen LogP contribution < -0.4 is 0 Å². The molecule has 0 aliphatic carbocycles. The molecule has 1 aromatic heterocycles. The largest absolute Gasteiger partial charge is 0.388 e. The zero-order valence-corrected chi connectivity index (χ0v) is 12.1. The minimum Gasteiger partial charge on any atom is -0.388 e. The lowest BCUT2D eigenvalue weighted by molar-refractivity contribution is 0.178. The van der Waals surface area contributed by atoms with Crippen molar-refractivity contribution < 1.29 is 5.11 Å². The van der Waals surface area contributed by atoms with Gasteiger partial charge in [0.15, 0.2) is 0 Å². The lowest BCUT2D eigenvalue weighted by atomic mass is 9.97. The van der Waals surface area contributed by atoms with Crippen LogP contribution in [0.25, 0.3) is 0 Å². The lowest BCUT2D eigenvalue weighted by Gasteiger charge is -2.14. The Kier molecular flexibility index (Phi) is 4.20. The van der Waals surface area contributed by atoms with Gasteiger partial charge < -0.3 is 5.11 Å². The van der Waals surface area contributed by atoms with E-state index in [0.29, 0.717) is 0 Å². The lowest BCUT2D eigenvalue weighted by Crippen LogP contribution is -2.03. The first-order valence-electron chi connectivity index (χ1n) is 6.43. The quantitative estimate of drug-likeness (QED) is 0.873. The van der Waals surface area contributed by atoms with Crippen LogP contribution in [0, 0.1) is 13.8 Å². The fourth-order valence-corrected chi connectivity index (χ4v) is 3.15. The van der Waals surface area contributed by atoms with E-state index in [2.05, 4.69) is 39.0 Å². The number of aryl methyl sites for hydroxylation is 2. The Labute approximate surface area is 113 Å². The van der Waals surface area contributed by atoms with Crippen molar-refractivity contribution in [2.75, 3.05) is 0 Å². The third-order valence-electron chi connectivity index (χ3n) is 3.47. The molecule has 1 atom stereocenters. The minimum absolute atomic E-state index is 0.395. The molecule has 0 radical (unpaired) electrons. The van der Waals surface area contributed by atoms with Gasteiger partial charge in [-0.25, -0.2) is 0 Å². The van der Waals surface area contributed by atoms with Gasteiger partial charge in [0, 0.05) is 16.2 Å². The molecule has 2 aromatic rings. The van der Waals surface area contributed by atoms with Gasteiger partial charge in [0.2, 0.25) is 0 Å². The smallest absolute Gasteiger partial charge is 0.0840 e. The molecule has 0 amide bonds. The molecule has 1 nitrogen and oxygen atoms in total. The molecular formula is C16H20OS. The average Bonchev–Trinajstić information content (AvgIpc) is 2.80. The maximum atomic E-state index is 10.4. The van der Waals surface area contributed by atoms with Crippen molar-refractivity contribution >= 4 is 11.3 Å². The SMILES string of the molecule is CCc1ccc(CC(O)c2cccc(C)c2C)s1. The molecule has 1 unspecified atom stereocenters. The highest BCUT2D eigenvalue weighted by atomic mass is 32.1. The molecule has 0 spiro atoms. The molecule has 0 bridgehead atoms. The van der Waals surface area contributed by atoms with E-state index < -0.39 is 6.10 Å². The molecule has 0 saturated carbocycles. The van der Waals surface area contributed by atoms with Gasteiger partial charge in [-0.15, -0.1) is 11.3 Å². The first-order chi connectivity index (χ1) is 8.61. The van der Waals surface area contributed by atoms with Crippen LogP contribution in [0.3, 0.4) is 0 Å². The summed E-state index contributed by atoms with van der Waals surface area (Å²) in [6, 6.07) is 10.4. The van der Waals surface area contributed by atoms with E-state index in [4.69, 9.17) is 0 Å². The molecule has 2 heteroatoms. The highest BCUT2D eigenvalue weighted by molar-refractivity contribution is 7.11. The molecule has 0 aliphatic rings. The summed E-state index contributed by atoms with van der Waals surface area (Å²) in [5.74, 6) is 0. The summed E-state index contributed by atoms with van der Waals surface area (Å²) in [5, 5.41) is 10.4. The van der Waals surface area contributed by atoms with E-state index in [1.165, 1.54) is 20.9 Å². The van der Waals surface area contributed by atoms with Crippen molar-refractivity contribution in [2.45, 2.75) is 39.7 Å². The first kappa shape index (κ1) is 13.3. The van der Waals surface area contributed by atoms with Crippen molar-refractivity contribution in [1.82, 2.24) is 0 Å². The van der Waals surface area contributed by atoms with Gasteiger partial charge in [-0.1, -0.05) is 25.1 Å². The van der Waals surface area contributed by atoms with Crippen molar-refractivity contribution in [1.29, 1.82) is 0 Å². The molecule has 18 heavy (non-hydrogen) atoms. The van der Waals surface area contributed by atoms with Gasteiger partial charge in [0.05, 0.1) is 6.10 Å². The fourth-order valence-electron chi connectivity index (χ4n) is 2.16. The normalized spacial score (nSPS) is 12.7. The van der Waals surface area contributed by atoms with Crippen molar-refractivity contribution in [3.63, 3.8) is 0 Å². The molecule has 0 aliphatic heterocycles. The predicted molar refractivity (Wildman–Crippen MR) is 78.3 cm³/mol. The van der Waals surface area contributed by atoms with Crippen LogP contribution in [0.5, 0.6) is 0 Å². The van der Waals surface area contributed by atoms with Crippen LogP contribution in [0.4, 0.5) is 0 Å². The van der Waals surface area contributed by atoms with Crippen LogP contribution in [-0.4, -0.2) is 5.11 Å². The summed E-state index contributed by atoms with van der Waals surface area (Å²) >= 11 is 1.81. The minimum atomic E-state index is -0.395. The third kappa shape index (κ3) is 2.82. The molecule has 0 fully saturated rings. The van der Waals surface area contributed by atoms with Gasteiger partial charge in [-0.2, -0.15) is 0 Å². The van der Waals surface area contributed by atoms with E-state index in [1.807, 2.05) is 12.1 Å². The van der Waals surface area contributed by atoms with Crippen LogP contribution in [0.15, 0.2) is 30.3 Å². The molecule has 2 rings (SSSR count). The Hall–Kier alpha value is -1.12. The number of hydrogen-bond acceptors (Lipinski definition) is 2. The zero-order valence-electron chi connectivity index (χ0n) is 11.2. The Bertz CT molecular complexity index is 528. The molecular weight excluding hydrogens is 240 g/mol. The van der Waals surface area contributed by atoms with Gasteiger partial charge in [-0.05, 0) is 49.1 Å². The van der Waals surface area contributed by atoms with Crippen molar-refractivity contribution in [2.24, 2.45) is 0 Å². The number of rotatable bonds is 4. The number of aliphatic hydroxyl groups excluding tert-OH is 1. The van der Waals surface area contributed by atoms with Crippen LogP contribution in [0.2, 0.25) is 0 Å². The Morgan fingerprint density at radius 1 is 1.11 bits per heavy atom. The molecule has 0 saturated heterocycles. The number of benzene rings is 1. The number of aliphatic hydroxyl groups is 1. The summed E-state index contributed by atoms with van der Waals surface area (Å²) in [5.41, 5.74) is 3.51. The predicted octanol–water partition coefficient (Wildman–Crippen LogP) is 4.20. The highest BCUT2D eigenvalue weighted by Crippen LogP contribution is 2.26. The van der Waals surface area contributed by atoms with Crippen LogP contribution in [-0.2, 0) is 12.8 Å². The summed E-state index contributed by atoms with van der Waals surface area (Å²) in [4.78, 5) is 2.65. The summed E-state index contributed by atoms with van der Waals surface area (Å²) in [6.07, 6.45) is 1.40. The van der Waals surface area contributed by atoms with E-state index in [1.54, 1.807) is 11.3 Å². The Balaban J connectivity index is 2.16. The van der Waals surface area contributed by atoms with Crippen LogP contribution >= 0.6 is 11.3 Å². The van der Waals surface area contributed by atoms with E-state index >= 15 is 0 Å². The van der Waals surface area contributed by atoms with Crippen molar-refractivity contribution in [3.8, 4) is 0 Å². The van der Waals surface area contributed by atoms with Gasteiger partial charge >= 0.3 is 0 Å². The summed E-state index contributed by atoms with van der Waals surface area (Å²) in [7, 11) is 0.